The molecule has 1 atom stereocenters. The van der Waals surface area contributed by atoms with Gasteiger partial charge in [-0.3, -0.25) is 0 Å². The topological polar surface area (TPSA) is 46.6 Å². The second-order valence-electron chi connectivity index (χ2n) is 6.88. The fraction of sp³-hybridized carbons (Fsp3) is 0.667. The van der Waals surface area contributed by atoms with E-state index in [1.165, 1.54) is 5.56 Å². The number of nitrogens with zero attached hydrogens (tertiary/aromatic N) is 1. The molecule has 2 fully saturated rings. The van der Waals surface area contributed by atoms with Crippen molar-refractivity contribution in [2.24, 2.45) is 5.92 Å². The first-order chi connectivity index (χ1) is 11.0. The second kappa shape index (κ2) is 6.91. The summed E-state index contributed by atoms with van der Waals surface area (Å²) < 4.78 is 31.8. The van der Waals surface area contributed by atoms with E-state index in [0.717, 1.165) is 38.7 Å². The van der Waals surface area contributed by atoms with Gasteiger partial charge in [0, 0.05) is 19.7 Å². The van der Waals surface area contributed by atoms with Gasteiger partial charge in [-0.2, -0.15) is 0 Å². The standard InChI is InChI=1S/C18H27NO3S/c1-2-23(20,21)19-11-9-18(10-12-19)15-17(8-13-22-18)14-16-6-4-3-5-7-16/h3-7,17H,2,8-15H2,1H3. The van der Waals surface area contributed by atoms with Crippen LogP contribution in [0.1, 0.15) is 38.2 Å². The van der Waals surface area contributed by atoms with Crippen molar-refractivity contribution in [2.45, 2.75) is 44.6 Å². The molecule has 0 N–H and O–H groups in total. The maximum absolute atomic E-state index is 12.0. The van der Waals surface area contributed by atoms with E-state index in [0.29, 0.717) is 19.0 Å². The Bertz CT molecular complexity index is 606. The van der Waals surface area contributed by atoms with Crippen LogP contribution in [0, 0.1) is 5.92 Å². The first kappa shape index (κ1) is 16.9. The SMILES string of the molecule is CCS(=O)(=O)N1CCC2(CC1)CC(Cc1ccccc1)CCO2. The lowest BCUT2D eigenvalue weighted by Gasteiger charge is -2.46. The molecule has 0 amide bonds. The summed E-state index contributed by atoms with van der Waals surface area (Å²) in [6, 6.07) is 10.6. The van der Waals surface area contributed by atoms with Crippen LogP contribution in [0.25, 0.3) is 0 Å². The summed E-state index contributed by atoms with van der Waals surface area (Å²) in [7, 11) is -3.06. The van der Waals surface area contributed by atoms with E-state index in [4.69, 9.17) is 4.74 Å². The Morgan fingerprint density at radius 1 is 1.22 bits per heavy atom. The Labute approximate surface area is 139 Å². The Hall–Kier alpha value is -0.910. The summed E-state index contributed by atoms with van der Waals surface area (Å²) in [6.45, 7) is 3.73. The van der Waals surface area contributed by atoms with Crippen LogP contribution in [0.5, 0.6) is 0 Å². The van der Waals surface area contributed by atoms with Crippen molar-refractivity contribution in [3.05, 3.63) is 35.9 Å². The van der Waals surface area contributed by atoms with Gasteiger partial charge in [0.25, 0.3) is 0 Å². The van der Waals surface area contributed by atoms with Gasteiger partial charge in [-0.15, -0.1) is 0 Å². The molecule has 0 aliphatic carbocycles. The van der Waals surface area contributed by atoms with E-state index in [1.54, 1.807) is 11.2 Å². The predicted octanol–water partition coefficient (Wildman–Crippen LogP) is 2.84. The lowest BCUT2D eigenvalue weighted by molar-refractivity contribution is -0.120. The molecule has 1 unspecified atom stereocenters. The number of hydrogen-bond donors (Lipinski definition) is 0. The third-order valence-electron chi connectivity index (χ3n) is 5.35. The average molecular weight is 337 g/mol. The first-order valence-electron chi connectivity index (χ1n) is 8.69. The third-order valence-corrected chi connectivity index (χ3v) is 7.24. The number of ether oxygens (including phenoxy) is 1. The second-order valence-corrected chi connectivity index (χ2v) is 9.14. The molecule has 23 heavy (non-hydrogen) atoms. The lowest BCUT2D eigenvalue weighted by atomic mass is 9.78. The molecule has 0 saturated carbocycles. The van der Waals surface area contributed by atoms with E-state index < -0.39 is 10.0 Å². The van der Waals surface area contributed by atoms with Crippen LogP contribution >= 0.6 is 0 Å². The van der Waals surface area contributed by atoms with Gasteiger partial charge in [-0.05, 0) is 50.5 Å². The quantitative estimate of drug-likeness (QED) is 0.849. The van der Waals surface area contributed by atoms with Gasteiger partial charge in [0.1, 0.15) is 0 Å². The molecule has 1 spiro atoms. The molecule has 1 aromatic carbocycles. The van der Waals surface area contributed by atoms with Gasteiger partial charge in [0.15, 0.2) is 0 Å². The van der Waals surface area contributed by atoms with Gasteiger partial charge in [-0.25, -0.2) is 12.7 Å². The molecular formula is C18H27NO3S. The lowest BCUT2D eigenvalue weighted by Crippen LogP contribution is -2.51. The molecule has 0 radical (unpaired) electrons. The van der Waals surface area contributed by atoms with Crippen molar-refractivity contribution >= 4 is 10.0 Å². The molecule has 1 aromatic rings. The van der Waals surface area contributed by atoms with Gasteiger partial charge < -0.3 is 4.74 Å². The minimum absolute atomic E-state index is 0.0997. The van der Waals surface area contributed by atoms with Gasteiger partial charge in [0.05, 0.1) is 11.4 Å². The molecule has 3 rings (SSSR count). The van der Waals surface area contributed by atoms with Crippen molar-refractivity contribution in [2.75, 3.05) is 25.4 Å². The zero-order valence-corrected chi connectivity index (χ0v) is 14.7. The van der Waals surface area contributed by atoms with Gasteiger partial charge in [0.2, 0.25) is 10.0 Å². The molecule has 2 aliphatic rings. The van der Waals surface area contributed by atoms with E-state index in [1.807, 2.05) is 0 Å². The minimum atomic E-state index is -3.06. The number of rotatable bonds is 4. The van der Waals surface area contributed by atoms with Crippen LogP contribution in [0.15, 0.2) is 30.3 Å². The average Bonchev–Trinajstić information content (AvgIpc) is 2.56. The summed E-state index contributed by atoms with van der Waals surface area (Å²) in [5.74, 6) is 0.831. The minimum Gasteiger partial charge on any atom is -0.375 e. The smallest absolute Gasteiger partial charge is 0.213 e. The van der Waals surface area contributed by atoms with Crippen LogP contribution in [0.4, 0.5) is 0 Å². The highest BCUT2D eigenvalue weighted by atomic mass is 32.2. The van der Waals surface area contributed by atoms with Crippen molar-refractivity contribution in [1.82, 2.24) is 4.31 Å². The van der Waals surface area contributed by atoms with E-state index in [2.05, 4.69) is 30.3 Å². The van der Waals surface area contributed by atoms with E-state index in [9.17, 15) is 8.42 Å². The largest absolute Gasteiger partial charge is 0.375 e. The van der Waals surface area contributed by atoms with Crippen LogP contribution in [0.2, 0.25) is 0 Å². The molecule has 4 nitrogen and oxygen atoms in total. The van der Waals surface area contributed by atoms with Crippen LogP contribution < -0.4 is 0 Å². The first-order valence-corrected chi connectivity index (χ1v) is 10.3. The molecule has 2 saturated heterocycles. The summed E-state index contributed by atoms with van der Waals surface area (Å²) in [4.78, 5) is 0. The Kier molecular flexibility index (Phi) is 5.09. The molecule has 5 heteroatoms. The number of benzene rings is 1. The monoisotopic (exact) mass is 337 g/mol. The summed E-state index contributed by atoms with van der Waals surface area (Å²) in [6.07, 6.45) is 4.92. The van der Waals surface area contributed by atoms with Crippen LogP contribution in [-0.2, 0) is 21.2 Å². The molecular weight excluding hydrogens is 310 g/mol. The normalized spacial score (nSPS) is 25.5. The number of sulfonamides is 1. The van der Waals surface area contributed by atoms with Gasteiger partial charge in [-0.1, -0.05) is 30.3 Å². The highest BCUT2D eigenvalue weighted by Crippen LogP contribution is 2.39. The number of piperidine rings is 1. The third kappa shape index (κ3) is 3.95. The Morgan fingerprint density at radius 2 is 1.91 bits per heavy atom. The molecule has 2 aliphatic heterocycles. The maximum atomic E-state index is 12.0. The fourth-order valence-electron chi connectivity index (χ4n) is 3.95. The van der Waals surface area contributed by atoms with E-state index in [-0.39, 0.29) is 11.4 Å². The summed E-state index contributed by atoms with van der Waals surface area (Å²) >= 11 is 0. The predicted molar refractivity (Wildman–Crippen MR) is 91.8 cm³/mol. The Balaban J connectivity index is 1.61. The summed E-state index contributed by atoms with van der Waals surface area (Å²) in [5, 5.41) is 0. The van der Waals surface area contributed by atoms with E-state index >= 15 is 0 Å². The number of hydrogen-bond acceptors (Lipinski definition) is 3. The van der Waals surface area contributed by atoms with Crippen molar-refractivity contribution < 1.29 is 13.2 Å². The van der Waals surface area contributed by atoms with Crippen LogP contribution in [0.3, 0.4) is 0 Å². The van der Waals surface area contributed by atoms with Crippen LogP contribution in [-0.4, -0.2) is 43.8 Å². The maximum Gasteiger partial charge on any atom is 0.213 e. The summed E-state index contributed by atoms with van der Waals surface area (Å²) in [5.41, 5.74) is 1.29. The zero-order chi connectivity index (χ0) is 16.3. The van der Waals surface area contributed by atoms with Crippen molar-refractivity contribution in [3.8, 4) is 0 Å². The zero-order valence-electron chi connectivity index (χ0n) is 13.9. The fourth-order valence-corrected chi connectivity index (χ4v) is 5.06. The molecule has 128 valence electrons. The molecule has 0 bridgehead atoms. The highest BCUT2D eigenvalue weighted by Gasteiger charge is 2.42. The highest BCUT2D eigenvalue weighted by molar-refractivity contribution is 7.89. The Morgan fingerprint density at radius 3 is 2.57 bits per heavy atom. The molecule has 0 aromatic heterocycles. The molecule has 2 heterocycles. The van der Waals surface area contributed by atoms with Crippen molar-refractivity contribution in [3.63, 3.8) is 0 Å². The van der Waals surface area contributed by atoms with Crippen molar-refractivity contribution in [1.29, 1.82) is 0 Å². The van der Waals surface area contributed by atoms with Gasteiger partial charge >= 0.3 is 0 Å².